The zero-order chi connectivity index (χ0) is 21.3. The van der Waals surface area contributed by atoms with Gasteiger partial charge < -0.3 is 5.21 Å². The number of rotatable bonds is 4. The van der Waals surface area contributed by atoms with E-state index in [0.29, 0.717) is 37.8 Å². The summed E-state index contributed by atoms with van der Waals surface area (Å²) in [5, 5.41) is 18.5. The molecule has 0 spiro atoms. The van der Waals surface area contributed by atoms with Crippen LogP contribution in [0.3, 0.4) is 0 Å². The summed E-state index contributed by atoms with van der Waals surface area (Å²) in [5.41, 5.74) is 2.72. The quantitative estimate of drug-likeness (QED) is 0.249. The van der Waals surface area contributed by atoms with Crippen molar-refractivity contribution in [2.75, 3.05) is 0 Å². The number of benzene rings is 3. The van der Waals surface area contributed by atoms with Crippen LogP contribution < -0.4 is 5.56 Å². The van der Waals surface area contributed by atoms with Crippen LogP contribution in [-0.4, -0.2) is 21.2 Å². The smallest absolute Gasteiger partial charge is 0.279 e. The van der Waals surface area contributed by atoms with Crippen molar-refractivity contribution >= 4 is 46.3 Å². The fraction of sp³-hybridized carbons (Fsp3) is 0. The summed E-state index contributed by atoms with van der Waals surface area (Å²) >= 11 is 12.7. The van der Waals surface area contributed by atoms with E-state index in [-0.39, 0.29) is 5.56 Å². The zero-order valence-electron chi connectivity index (χ0n) is 15.6. The van der Waals surface area contributed by atoms with Crippen LogP contribution in [0.4, 0.5) is 0 Å². The minimum atomic E-state index is -0.332. The van der Waals surface area contributed by atoms with Crippen LogP contribution in [0, 0.1) is 0 Å². The molecule has 0 unspecified atom stereocenters. The van der Waals surface area contributed by atoms with Crippen LogP contribution in [0.5, 0.6) is 0 Å². The molecule has 1 N–H and O–H groups in total. The van der Waals surface area contributed by atoms with E-state index in [1.54, 1.807) is 36.4 Å². The Balaban J connectivity index is 2.12. The molecule has 5 nitrogen and oxygen atoms in total. The molecule has 1 heterocycles. The maximum Gasteiger partial charge on any atom is 0.279 e. The molecule has 30 heavy (non-hydrogen) atoms. The fourth-order valence-corrected chi connectivity index (χ4v) is 3.88. The number of nitrogens with zero attached hydrogens (tertiary/aromatic N) is 3. The van der Waals surface area contributed by atoms with Crippen molar-refractivity contribution in [1.29, 1.82) is 0 Å². The first kappa shape index (κ1) is 19.9. The molecule has 0 amide bonds. The third-order valence-corrected chi connectivity index (χ3v) is 5.26. The van der Waals surface area contributed by atoms with Gasteiger partial charge in [-0.15, -0.1) is 0 Å². The minimum absolute atomic E-state index is 0.311. The molecule has 0 saturated carbocycles. The topological polar surface area (TPSA) is 67.5 Å². The Morgan fingerprint density at radius 2 is 1.63 bits per heavy atom. The molecule has 4 aromatic rings. The second-order valence-corrected chi connectivity index (χ2v) is 7.33. The van der Waals surface area contributed by atoms with Gasteiger partial charge in [-0.05, 0) is 47.5 Å². The number of fused-ring (bicyclic) bond motifs is 1. The average Bonchev–Trinajstić information content (AvgIpc) is 2.75. The van der Waals surface area contributed by atoms with Crippen molar-refractivity contribution in [1.82, 2.24) is 9.78 Å². The Hall–Kier alpha value is -3.41. The monoisotopic (exact) mass is 435 g/mol. The number of oxime groups is 1. The second-order valence-electron chi connectivity index (χ2n) is 6.52. The Kier molecular flexibility index (Phi) is 5.40. The Morgan fingerprint density at radius 1 is 0.967 bits per heavy atom. The summed E-state index contributed by atoms with van der Waals surface area (Å²) in [6, 6.07) is 17.7. The molecule has 7 heteroatoms. The lowest BCUT2D eigenvalue weighted by atomic mass is 10.00. The molecule has 0 saturated heterocycles. The molecule has 0 radical (unpaired) electrons. The third-order valence-electron chi connectivity index (χ3n) is 4.65. The van der Waals surface area contributed by atoms with Crippen molar-refractivity contribution in [3.63, 3.8) is 0 Å². The minimum Gasteiger partial charge on any atom is -0.411 e. The number of halogens is 2. The van der Waals surface area contributed by atoms with Crippen molar-refractivity contribution in [3.8, 4) is 16.9 Å². The number of hydrogen-bond donors (Lipinski definition) is 1. The second kappa shape index (κ2) is 8.14. The SMILES string of the molecule is C=Cc1cc(/C=N/O)cc(-c2nn(-c3c(Cl)cccc3Cl)c(=O)c3ccccc23)c1. The van der Waals surface area contributed by atoms with Gasteiger partial charge in [-0.25, -0.2) is 0 Å². The van der Waals surface area contributed by atoms with E-state index < -0.39 is 0 Å². The predicted octanol–water partition coefficient (Wildman–Crippen LogP) is 5.81. The van der Waals surface area contributed by atoms with Gasteiger partial charge in [-0.1, -0.05) is 65.3 Å². The molecule has 4 rings (SSSR count). The summed E-state index contributed by atoms with van der Waals surface area (Å²) < 4.78 is 1.22. The first-order chi connectivity index (χ1) is 14.5. The summed E-state index contributed by atoms with van der Waals surface area (Å²) in [6.07, 6.45) is 3.00. The average molecular weight is 436 g/mol. The van der Waals surface area contributed by atoms with Gasteiger partial charge in [0.2, 0.25) is 0 Å². The summed E-state index contributed by atoms with van der Waals surface area (Å²) in [6.45, 7) is 3.81. The van der Waals surface area contributed by atoms with Crippen LogP contribution >= 0.6 is 23.2 Å². The van der Waals surface area contributed by atoms with Crippen molar-refractivity contribution in [2.24, 2.45) is 5.16 Å². The Labute approximate surface area is 182 Å². The van der Waals surface area contributed by atoms with E-state index in [0.717, 1.165) is 11.1 Å². The summed E-state index contributed by atoms with van der Waals surface area (Å²) in [7, 11) is 0. The van der Waals surface area contributed by atoms with Crippen molar-refractivity contribution in [2.45, 2.75) is 0 Å². The van der Waals surface area contributed by atoms with E-state index in [1.807, 2.05) is 30.3 Å². The lowest BCUT2D eigenvalue weighted by Gasteiger charge is -2.14. The first-order valence-corrected chi connectivity index (χ1v) is 9.71. The lowest BCUT2D eigenvalue weighted by molar-refractivity contribution is 0.322. The third kappa shape index (κ3) is 3.49. The largest absolute Gasteiger partial charge is 0.411 e. The van der Waals surface area contributed by atoms with E-state index in [2.05, 4.69) is 16.8 Å². The molecule has 0 aliphatic heterocycles. The summed E-state index contributed by atoms with van der Waals surface area (Å²) in [5.74, 6) is 0. The molecule has 3 aromatic carbocycles. The molecule has 0 atom stereocenters. The van der Waals surface area contributed by atoms with E-state index in [4.69, 9.17) is 28.4 Å². The standard InChI is InChI=1S/C23H15Cl2N3O2/c1-2-14-10-15(13-26-30)12-16(11-14)21-17-6-3-4-7-18(17)23(29)28(27-21)22-19(24)8-5-9-20(22)25/h2-13,30H,1H2/b26-13+. The van der Waals surface area contributed by atoms with Gasteiger partial charge in [-0.2, -0.15) is 9.78 Å². The molecule has 0 bridgehead atoms. The number of aromatic nitrogens is 2. The molecule has 0 aliphatic carbocycles. The van der Waals surface area contributed by atoms with Crippen molar-refractivity contribution in [3.05, 3.63) is 98.8 Å². The molecular weight excluding hydrogens is 421 g/mol. The van der Waals surface area contributed by atoms with Gasteiger partial charge in [0.15, 0.2) is 0 Å². The maximum atomic E-state index is 13.2. The van der Waals surface area contributed by atoms with Gasteiger partial charge in [0.05, 0.1) is 27.3 Å². The van der Waals surface area contributed by atoms with Crippen LogP contribution in [0.25, 0.3) is 33.8 Å². The predicted molar refractivity (Wildman–Crippen MR) is 122 cm³/mol. The van der Waals surface area contributed by atoms with E-state index >= 15 is 0 Å². The van der Waals surface area contributed by atoms with Crippen LogP contribution in [0.2, 0.25) is 10.0 Å². The number of para-hydroxylation sites is 1. The highest BCUT2D eigenvalue weighted by Gasteiger charge is 2.17. The highest BCUT2D eigenvalue weighted by Crippen LogP contribution is 2.31. The van der Waals surface area contributed by atoms with Gasteiger partial charge in [0, 0.05) is 10.9 Å². The van der Waals surface area contributed by atoms with Gasteiger partial charge >= 0.3 is 0 Å². The van der Waals surface area contributed by atoms with Gasteiger partial charge in [0.25, 0.3) is 5.56 Å². The highest BCUT2D eigenvalue weighted by atomic mass is 35.5. The maximum absolute atomic E-state index is 13.2. The van der Waals surface area contributed by atoms with Crippen LogP contribution in [-0.2, 0) is 0 Å². The lowest BCUT2D eigenvalue weighted by Crippen LogP contribution is -2.23. The van der Waals surface area contributed by atoms with Crippen molar-refractivity contribution < 1.29 is 5.21 Å². The van der Waals surface area contributed by atoms with Gasteiger partial charge in [0.1, 0.15) is 5.69 Å². The van der Waals surface area contributed by atoms with E-state index in [1.165, 1.54) is 10.9 Å². The summed E-state index contributed by atoms with van der Waals surface area (Å²) in [4.78, 5) is 13.2. The molecule has 148 valence electrons. The molecule has 0 aliphatic rings. The van der Waals surface area contributed by atoms with E-state index in [9.17, 15) is 4.79 Å². The molecule has 1 aromatic heterocycles. The Morgan fingerprint density at radius 3 is 2.30 bits per heavy atom. The zero-order valence-corrected chi connectivity index (χ0v) is 17.1. The van der Waals surface area contributed by atoms with Crippen LogP contribution in [0.15, 0.2) is 77.2 Å². The van der Waals surface area contributed by atoms with Gasteiger partial charge in [-0.3, -0.25) is 4.79 Å². The number of hydrogen-bond acceptors (Lipinski definition) is 4. The fourth-order valence-electron chi connectivity index (χ4n) is 3.32. The Bertz CT molecular complexity index is 1360. The van der Waals surface area contributed by atoms with Crippen LogP contribution in [0.1, 0.15) is 11.1 Å². The first-order valence-electron chi connectivity index (χ1n) is 8.95. The molecular formula is C23H15Cl2N3O2. The highest BCUT2D eigenvalue weighted by molar-refractivity contribution is 6.37. The molecule has 0 fully saturated rings. The normalized spacial score (nSPS) is 11.3.